The lowest BCUT2D eigenvalue weighted by molar-refractivity contribution is -0.476. The molecule has 4 aliphatic carbocycles. The molecule has 0 amide bonds. The standard InChI is InChI=1S/C32H56NO.ClH/c1-9-30(33(7)8)34-25-17-19-31(5)24(21-25)13-14-26-28-16-15-27(23(4)12-10-11-22(2)3)32(28,6)20-18-29(26)31;/h13,22-23,25-29H,9-12,14-21H2,1-8H3;1H/q+1;/p-1/t23-,25-,26-,27+,28-,29-,31-,32+;/m0./s1. The van der Waals surface area contributed by atoms with Gasteiger partial charge in [-0.3, -0.25) is 0 Å². The second-order valence-corrected chi connectivity index (χ2v) is 13.9. The highest BCUT2D eigenvalue weighted by Gasteiger charge is 2.59. The number of hydrogen-bond acceptors (Lipinski definition) is 1. The molecule has 0 aromatic rings. The Labute approximate surface area is 224 Å². The van der Waals surface area contributed by atoms with Crippen LogP contribution in [0.15, 0.2) is 11.6 Å². The normalized spacial score (nSPS) is 39.0. The second-order valence-electron chi connectivity index (χ2n) is 13.9. The molecule has 0 aromatic heterocycles. The fourth-order valence-corrected chi connectivity index (χ4v) is 9.45. The molecule has 0 aliphatic heterocycles. The third-order valence-corrected chi connectivity index (χ3v) is 11.4. The van der Waals surface area contributed by atoms with Crippen LogP contribution >= 0.6 is 0 Å². The van der Waals surface area contributed by atoms with Gasteiger partial charge in [-0.2, -0.15) is 0 Å². The van der Waals surface area contributed by atoms with Crippen molar-refractivity contribution in [2.24, 2.45) is 46.3 Å². The Morgan fingerprint density at radius 3 is 2.43 bits per heavy atom. The number of fused-ring (bicyclic) bond motifs is 5. The van der Waals surface area contributed by atoms with Crippen molar-refractivity contribution < 1.29 is 21.7 Å². The van der Waals surface area contributed by atoms with E-state index in [2.05, 4.69) is 66.3 Å². The van der Waals surface area contributed by atoms with Gasteiger partial charge in [0.05, 0.1) is 6.42 Å². The van der Waals surface area contributed by atoms with Crippen LogP contribution in [-0.2, 0) is 4.74 Å². The molecule has 3 heteroatoms. The van der Waals surface area contributed by atoms with Crippen molar-refractivity contribution in [3.05, 3.63) is 11.6 Å². The first kappa shape index (κ1) is 29.1. The van der Waals surface area contributed by atoms with E-state index < -0.39 is 0 Å². The van der Waals surface area contributed by atoms with E-state index in [1.807, 2.05) is 0 Å². The van der Waals surface area contributed by atoms with Gasteiger partial charge in [0.1, 0.15) is 20.2 Å². The quantitative estimate of drug-likeness (QED) is 0.192. The predicted octanol–water partition coefficient (Wildman–Crippen LogP) is 5.50. The summed E-state index contributed by atoms with van der Waals surface area (Å²) in [4.78, 5) is 0. The maximum absolute atomic E-state index is 6.51. The van der Waals surface area contributed by atoms with Crippen molar-refractivity contribution in [1.29, 1.82) is 0 Å². The van der Waals surface area contributed by atoms with Crippen molar-refractivity contribution in [2.45, 2.75) is 125 Å². The van der Waals surface area contributed by atoms with Gasteiger partial charge < -0.3 is 17.1 Å². The molecule has 0 spiro atoms. The molecule has 3 saturated carbocycles. The SMILES string of the molecule is CCC(O[C@H]1CC[C@@]2(C)C(=CC[C@H]3[C@@H]4CC[C@H]([C@@H](C)CCCC(C)C)[C@@]4(C)CC[C@@H]32)C1)=[N+](C)C.[Cl-]. The van der Waals surface area contributed by atoms with Crippen LogP contribution in [-0.4, -0.2) is 30.7 Å². The van der Waals surface area contributed by atoms with Gasteiger partial charge in [0.2, 0.25) is 0 Å². The molecule has 0 N–H and O–H groups in total. The minimum atomic E-state index is 0. The molecule has 4 rings (SSSR count). The fraction of sp³-hybridized carbons (Fsp3) is 0.906. The van der Waals surface area contributed by atoms with Crippen LogP contribution in [0, 0.1) is 46.3 Å². The van der Waals surface area contributed by atoms with E-state index in [-0.39, 0.29) is 12.4 Å². The molecule has 8 atom stereocenters. The third kappa shape index (κ3) is 5.53. The minimum Gasteiger partial charge on any atom is -1.00 e. The predicted molar refractivity (Wildman–Crippen MR) is 145 cm³/mol. The summed E-state index contributed by atoms with van der Waals surface area (Å²) in [7, 11) is 4.24. The van der Waals surface area contributed by atoms with Gasteiger partial charge in [-0.15, -0.1) is 0 Å². The van der Waals surface area contributed by atoms with Crippen LogP contribution in [0.4, 0.5) is 0 Å². The smallest absolute Gasteiger partial charge is 0.335 e. The molecule has 0 radical (unpaired) electrons. The second kappa shape index (κ2) is 11.5. The molecule has 0 aromatic carbocycles. The first-order valence-corrected chi connectivity index (χ1v) is 15.0. The summed E-state index contributed by atoms with van der Waals surface area (Å²) in [6.07, 6.45) is 19.4. The van der Waals surface area contributed by atoms with E-state index in [4.69, 9.17) is 4.74 Å². The molecule has 4 aliphatic rings. The van der Waals surface area contributed by atoms with E-state index in [0.717, 1.165) is 54.2 Å². The molecule has 2 nitrogen and oxygen atoms in total. The monoisotopic (exact) mass is 505 g/mol. The highest BCUT2D eigenvalue weighted by Crippen LogP contribution is 2.67. The Morgan fingerprint density at radius 2 is 1.77 bits per heavy atom. The largest absolute Gasteiger partial charge is 1.00 e. The summed E-state index contributed by atoms with van der Waals surface area (Å²) in [5.41, 5.74) is 2.77. The molecule has 3 fully saturated rings. The minimum absolute atomic E-state index is 0. The van der Waals surface area contributed by atoms with E-state index in [1.54, 1.807) is 5.57 Å². The summed E-state index contributed by atoms with van der Waals surface area (Å²) < 4.78 is 8.67. The molecule has 0 saturated heterocycles. The number of ether oxygens (including phenoxy) is 1. The van der Waals surface area contributed by atoms with Gasteiger partial charge in [0.25, 0.3) is 0 Å². The van der Waals surface area contributed by atoms with Crippen LogP contribution in [0.2, 0.25) is 0 Å². The van der Waals surface area contributed by atoms with Crippen molar-refractivity contribution in [3.63, 3.8) is 0 Å². The number of allylic oxidation sites excluding steroid dienone is 1. The van der Waals surface area contributed by atoms with Gasteiger partial charge in [0.15, 0.2) is 0 Å². The van der Waals surface area contributed by atoms with Crippen LogP contribution in [0.3, 0.4) is 0 Å². The summed E-state index contributed by atoms with van der Waals surface area (Å²) in [5, 5.41) is 0. The lowest BCUT2D eigenvalue weighted by Gasteiger charge is -2.58. The first-order chi connectivity index (χ1) is 16.1. The number of nitrogens with zero attached hydrogens (tertiary/aromatic N) is 1. The van der Waals surface area contributed by atoms with Crippen molar-refractivity contribution in [1.82, 2.24) is 0 Å². The molecule has 0 bridgehead atoms. The van der Waals surface area contributed by atoms with E-state index in [9.17, 15) is 0 Å². The zero-order chi connectivity index (χ0) is 24.7. The average molecular weight is 506 g/mol. The average Bonchev–Trinajstić information content (AvgIpc) is 3.14. The Kier molecular flexibility index (Phi) is 9.54. The lowest BCUT2D eigenvalue weighted by atomic mass is 9.47. The van der Waals surface area contributed by atoms with Gasteiger partial charge >= 0.3 is 5.90 Å². The summed E-state index contributed by atoms with van der Waals surface area (Å²) >= 11 is 0. The number of hydrogen-bond donors (Lipinski definition) is 0. The molecular formula is C32H56ClNO. The van der Waals surface area contributed by atoms with E-state index in [0.29, 0.717) is 16.9 Å². The van der Waals surface area contributed by atoms with Crippen molar-refractivity contribution >= 4 is 5.90 Å². The molecule has 202 valence electrons. The number of halogens is 1. The lowest BCUT2D eigenvalue weighted by Crippen LogP contribution is -3.00. The Bertz CT molecular complexity index is 782. The zero-order valence-electron chi connectivity index (χ0n) is 24.3. The Balaban J connectivity index is 0.00000342. The van der Waals surface area contributed by atoms with Gasteiger partial charge in [-0.05, 0) is 91.3 Å². The third-order valence-electron chi connectivity index (χ3n) is 11.4. The topological polar surface area (TPSA) is 12.2 Å². The van der Waals surface area contributed by atoms with Crippen LogP contribution in [0.5, 0.6) is 0 Å². The van der Waals surface area contributed by atoms with Gasteiger partial charge in [-0.1, -0.05) is 72.5 Å². The highest BCUT2D eigenvalue weighted by atomic mass is 35.5. The van der Waals surface area contributed by atoms with Crippen LogP contribution < -0.4 is 12.4 Å². The number of rotatable bonds is 7. The fourth-order valence-electron chi connectivity index (χ4n) is 9.45. The van der Waals surface area contributed by atoms with Crippen LogP contribution in [0.25, 0.3) is 0 Å². The Hall–Kier alpha value is -0.500. The Morgan fingerprint density at radius 1 is 1.03 bits per heavy atom. The van der Waals surface area contributed by atoms with Crippen molar-refractivity contribution in [3.8, 4) is 0 Å². The maximum atomic E-state index is 6.51. The zero-order valence-corrected chi connectivity index (χ0v) is 25.1. The molecular weight excluding hydrogens is 450 g/mol. The maximum Gasteiger partial charge on any atom is 0.335 e. The first-order valence-electron chi connectivity index (χ1n) is 15.0. The van der Waals surface area contributed by atoms with Crippen LogP contribution in [0.1, 0.15) is 119 Å². The molecule has 0 unspecified atom stereocenters. The van der Waals surface area contributed by atoms with Gasteiger partial charge in [0, 0.05) is 6.42 Å². The summed E-state index contributed by atoms with van der Waals surface area (Å²) in [6.45, 7) is 14.9. The van der Waals surface area contributed by atoms with Gasteiger partial charge in [-0.25, -0.2) is 4.58 Å². The summed E-state index contributed by atoms with van der Waals surface area (Å²) in [6, 6.07) is 0. The van der Waals surface area contributed by atoms with E-state index >= 15 is 0 Å². The van der Waals surface area contributed by atoms with Crippen molar-refractivity contribution in [2.75, 3.05) is 14.1 Å². The molecule has 0 heterocycles. The molecule has 35 heavy (non-hydrogen) atoms. The van der Waals surface area contributed by atoms with E-state index in [1.165, 1.54) is 64.2 Å². The highest BCUT2D eigenvalue weighted by molar-refractivity contribution is 5.70. The summed E-state index contributed by atoms with van der Waals surface area (Å²) in [5.74, 6) is 6.67.